The van der Waals surface area contributed by atoms with Crippen molar-refractivity contribution < 1.29 is 9.47 Å². The first kappa shape index (κ1) is 22.3. The van der Waals surface area contributed by atoms with E-state index in [2.05, 4.69) is 84.0 Å². The van der Waals surface area contributed by atoms with Crippen molar-refractivity contribution in [2.45, 2.75) is 52.3 Å². The number of nitrogens with zero attached hydrogens (tertiary/aromatic N) is 2. The van der Waals surface area contributed by atoms with Crippen molar-refractivity contribution in [2.75, 3.05) is 13.2 Å². The van der Waals surface area contributed by atoms with E-state index in [1.54, 1.807) is 0 Å². The molecule has 158 valence electrons. The summed E-state index contributed by atoms with van der Waals surface area (Å²) in [4.78, 5) is 4.20. The maximum absolute atomic E-state index is 5.42. The van der Waals surface area contributed by atoms with Crippen LogP contribution in [0.1, 0.15) is 31.9 Å². The zero-order valence-corrected chi connectivity index (χ0v) is 18.2. The largest absolute Gasteiger partial charge is 0.350 e. The summed E-state index contributed by atoms with van der Waals surface area (Å²) in [6, 6.07) is 21.2. The van der Waals surface area contributed by atoms with E-state index in [1.807, 2.05) is 12.5 Å². The molecule has 1 saturated heterocycles. The number of aryl methyl sites for hydroxylation is 2. The smallest absolute Gasteiger partial charge is 0.206 e. The molecule has 1 fully saturated rings. The Kier molecular flexibility index (Phi) is 9.20. The second-order valence-corrected chi connectivity index (χ2v) is 7.68. The van der Waals surface area contributed by atoms with Crippen molar-refractivity contribution in [1.82, 2.24) is 9.55 Å². The van der Waals surface area contributed by atoms with E-state index in [1.165, 1.54) is 29.5 Å². The zero-order chi connectivity index (χ0) is 21.0. The molecule has 3 aromatic rings. The second kappa shape index (κ2) is 12.4. The van der Waals surface area contributed by atoms with Crippen molar-refractivity contribution in [3.05, 3.63) is 78.9 Å². The van der Waals surface area contributed by atoms with Crippen LogP contribution in [-0.4, -0.2) is 35.8 Å². The highest BCUT2D eigenvalue weighted by molar-refractivity contribution is 6.84. The fraction of sp³-hybridized carbons (Fsp3) is 0.400. The fourth-order valence-corrected chi connectivity index (χ4v) is 3.61. The van der Waals surface area contributed by atoms with Crippen LogP contribution in [0.4, 0.5) is 0 Å². The summed E-state index contributed by atoms with van der Waals surface area (Å²) in [5.74, 6) is 0. The number of imidazole rings is 1. The maximum Gasteiger partial charge on any atom is 0.206 e. The van der Waals surface area contributed by atoms with E-state index in [-0.39, 0.29) is 6.29 Å². The Morgan fingerprint density at radius 3 is 2.13 bits per heavy atom. The predicted molar refractivity (Wildman–Crippen MR) is 125 cm³/mol. The third kappa shape index (κ3) is 6.86. The van der Waals surface area contributed by atoms with E-state index in [4.69, 9.17) is 9.47 Å². The lowest BCUT2D eigenvalue weighted by Crippen LogP contribution is -2.38. The monoisotopic (exact) mass is 404 g/mol. The lowest BCUT2D eigenvalue weighted by molar-refractivity contribution is -0.0491. The molecule has 1 aromatic heterocycles. The number of rotatable bonds is 8. The lowest BCUT2D eigenvalue weighted by atomic mass is 9.43. The van der Waals surface area contributed by atoms with Gasteiger partial charge in [0.1, 0.15) is 0 Å². The molecule has 2 aromatic carbocycles. The summed E-state index contributed by atoms with van der Waals surface area (Å²) in [5.41, 5.74) is 4.07. The van der Waals surface area contributed by atoms with Crippen LogP contribution in [-0.2, 0) is 22.4 Å². The van der Waals surface area contributed by atoms with Crippen molar-refractivity contribution in [3.8, 4) is 0 Å². The number of unbranched alkanes of at least 4 members (excludes halogenated alkanes) is 1. The summed E-state index contributed by atoms with van der Waals surface area (Å²) < 4.78 is 13.0. The van der Waals surface area contributed by atoms with Crippen molar-refractivity contribution in [1.29, 1.82) is 0 Å². The Morgan fingerprint density at radius 2 is 1.57 bits per heavy atom. The van der Waals surface area contributed by atoms with Gasteiger partial charge in [0.25, 0.3) is 0 Å². The average molecular weight is 404 g/mol. The van der Waals surface area contributed by atoms with Gasteiger partial charge in [-0.3, -0.25) is 0 Å². The van der Waals surface area contributed by atoms with Crippen LogP contribution in [0.25, 0.3) is 0 Å². The molecule has 0 saturated carbocycles. The number of hydrogen-bond donors (Lipinski definition) is 0. The van der Waals surface area contributed by atoms with Gasteiger partial charge in [0, 0.05) is 24.9 Å². The van der Waals surface area contributed by atoms with E-state index in [9.17, 15) is 0 Å². The third-order valence-corrected chi connectivity index (χ3v) is 5.48. The van der Waals surface area contributed by atoms with Crippen LogP contribution < -0.4 is 10.9 Å². The fourth-order valence-electron chi connectivity index (χ4n) is 3.61. The Morgan fingerprint density at radius 1 is 0.967 bits per heavy atom. The first-order valence-electron chi connectivity index (χ1n) is 11.1. The molecule has 2 heterocycles. The highest BCUT2D eigenvalue weighted by Gasteiger charge is 2.16. The Labute approximate surface area is 181 Å². The lowest BCUT2D eigenvalue weighted by Gasteiger charge is -2.11. The van der Waals surface area contributed by atoms with Gasteiger partial charge < -0.3 is 14.0 Å². The third-order valence-electron chi connectivity index (χ3n) is 5.48. The van der Waals surface area contributed by atoms with E-state index >= 15 is 0 Å². The quantitative estimate of drug-likeness (QED) is 0.534. The topological polar surface area (TPSA) is 36.3 Å². The van der Waals surface area contributed by atoms with Crippen LogP contribution in [0.15, 0.2) is 73.2 Å². The van der Waals surface area contributed by atoms with Gasteiger partial charge in [-0.2, -0.15) is 0 Å². The molecular weight excluding hydrogens is 371 g/mol. The van der Waals surface area contributed by atoms with Crippen LogP contribution >= 0.6 is 0 Å². The predicted octanol–water partition coefficient (Wildman–Crippen LogP) is 3.91. The molecule has 1 aliphatic rings. The van der Waals surface area contributed by atoms with Gasteiger partial charge in [-0.1, -0.05) is 91.8 Å². The standard InChI is InChI=1S/C13H13B.C12H20N2O2/c1-14(12-8-4-2-5-9-12)13-10-6-3-7-11-13;1-2-3-4-11-9-13-10-14(11)6-5-12-15-7-8-16-12/h2-11H,1H3;9-10,12H,2-8H2,1H3. The van der Waals surface area contributed by atoms with Crippen molar-refractivity contribution >= 4 is 17.6 Å². The van der Waals surface area contributed by atoms with Gasteiger partial charge >= 0.3 is 0 Å². The van der Waals surface area contributed by atoms with Gasteiger partial charge in [-0.15, -0.1) is 0 Å². The Hall–Kier alpha value is -2.37. The van der Waals surface area contributed by atoms with Crippen molar-refractivity contribution in [3.63, 3.8) is 0 Å². The molecule has 4 rings (SSSR count). The molecule has 0 atom stereocenters. The second-order valence-electron chi connectivity index (χ2n) is 7.68. The summed E-state index contributed by atoms with van der Waals surface area (Å²) in [6.45, 7) is 7.33. The van der Waals surface area contributed by atoms with Gasteiger partial charge in [0.15, 0.2) is 6.29 Å². The van der Waals surface area contributed by atoms with E-state index in [0.717, 1.165) is 32.6 Å². The highest BCUT2D eigenvalue weighted by Crippen LogP contribution is 2.11. The summed E-state index contributed by atoms with van der Waals surface area (Å²) >= 11 is 0. The summed E-state index contributed by atoms with van der Waals surface area (Å²) in [7, 11) is 0. The highest BCUT2D eigenvalue weighted by atomic mass is 16.7. The Bertz CT molecular complexity index is 793. The molecular formula is C25H33BN2O2. The first-order valence-corrected chi connectivity index (χ1v) is 11.1. The van der Waals surface area contributed by atoms with E-state index < -0.39 is 0 Å². The zero-order valence-electron chi connectivity index (χ0n) is 18.2. The van der Waals surface area contributed by atoms with Gasteiger partial charge in [0.05, 0.1) is 19.5 Å². The minimum Gasteiger partial charge on any atom is -0.350 e. The summed E-state index contributed by atoms with van der Waals surface area (Å²) in [6.07, 6.45) is 8.33. The van der Waals surface area contributed by atoms with Crippen LogP contribution in [0.5, 0.6) is 0 Å². The maximum atomic E-state index is 5.42. The molecule has 30 heavy (non-hydrogen) atoms. The first-order chi connectivity index (χ1) is 14.8. The Balaban J connectivity index is 0.000000172. The molecule has 1 aliphatic heterocycles. The average Bonchev–Trinajstić information content (AvgIpc) is 3.49. The number of aromatic nitrogens is 2. The van der Waals surface area contributed by atoms with Crippen LogP contribution in [0.3, 0.4) is 0 Å². The normalized spacial score (nSPS) is 13.7. The van der Waals surface area contributed by atoms with Gasteiger partial charge in [0.2, 0.25) is 6.71 Å². The SMILES string of the molecule is CB(c1ccccc1)c1ccccc1.CCCCc1cncn1CCC1OCCO1. The molecule has 0 aliphatic carbocycles. The number of ether oxygens (including phenoxy) is 2. The van der Waals surface area contributed by atoms with Crippen LogP contribution in [0, 0.1) is 0 Å². The molecule has 0 unspecified atom stereocenters. The molecule has 0 N–H and O–H groups in total. The van der Waals surface area contributed by atoms with Crippen molar-refractivity contribution in [2.24, 2.45) is 0 Å². The van der Waals surface area contributed by atoms with Gasteiger partial charge in [-0.05, 0) is 12.8 Å². The molecule has 0 radical (unpaired) electrons. The minimum absolute atomic E-state index is 0.0126. The minimum atomic E-state index is -0.0126. The van der Waals surface area contributed by atoms with Crippen LogP contribution in [0.2, 0.25) is 6.82 Å². The molecule has 0 bridgehead atoms. The molecule has 0 amide bonds. The molecule has 0 spiro atoms. The van der Waals surface area contributed by atoms with Gasteiger partial charge in [-0.25, -0.2) is 4.98 Å². The molecule has 5 heteroatoms. The van der Waals surface area contributed by atoms with E-state index in [0.29, 0.717) is 6.71 Å². The summed E-state index contributed by atoms with van der Waals surface area (Å²) in [5, 5.41) is 0. The number of hydrogen-bond acceptors (Lipinski definition) is 3. The number of benzene rings is 2. The molecule has 4 nitrogen and oxygen atoms in total.